The molecule has 0 bridgehead atoms. The Morgan fingerprint density at radius 2 is 0.559 bits per heavy atom. The van der Waals surface area contributed by atoms with Gasteiger partial charge in [0, 0.05) is 0 Å². The molecular formula is C30H66N2O2+2. The van der Waals surface area contributed by atoms with Gasteiger partial charge in [0.2, 0.25) is 0 Å². The van der Waals surface area contributed by atoms with E-state index < -0.39 is 0 Å². The molecule has 0 rings (SSSR count). The predicted molar refractivity (Wildman–Crippen MR) is 151 cm³/mol. The third kappa shape index (κ3) is 16.5. The van der Waals surface area contributed by atoms with Crippen molar-refractivity contribution in [2.45, 2.75) is 119 Å². The molecule has 0 aromatic carbocycles. The molecule has 0 aromatic rings. The van der Waals surface area contributed by atoms with Gasteiger partial charge in [0.15, 0.2) is 0 Å². The summed E-state index contributed by atoms with van der Waals surface area (Å²) in [6.07, 6.45) is 15.8. The Hall–Kier alpha value is -0.160. The zero-order chi connectivity index (χ0) is 25.4. The van der Waals surface area contributed by atoms with Crippen molar-refractivity contribution in [2.24, 2.45) is 0 Å². The molecule has 0 aliphatic rings. The monoisotopic (exact) mass is 487 g/mol. The number of ether oxygens (including phenoxy) is 2. The molecule has 0 radical (unpaired) electrons. The highest BCUT2D eigenvalue weighted by molar-refractivity contribution is 4.51. The Bertz CT molecular complexity index is 335. The first-order valence-electron chi connectivity index (χ1n) is 15.4. The molecule has 0 aliphatic heterocycles. The summed E-state index contributed by atoms with van der Waals surface area (Å²) < 4.78 is 14.8. The van der Waals surface area contributed by atoms with Crippen LogP contribution in [0.15, 0.2) is 0 Å². The fourth-order valence-corrected chi connectivity index (χ4v) is 5.14. The summed E-state index contributed by atoms with van der Waals surface area (Å²) in [5.74, 6) is 0. The maximum Gasteiger partial charge on any atom is 0.102 e. The van der Waals surface area contributed by atoms with E-state index in [9.17, 15) is 0 Å². The molecule has 0 saturated carbocycles. The summed E-state index contributed by atoms with van der Waals surface area (Å²) in [6.45, 7) is 27.5. The highest BCUT2D eigenvalue weighted by Crippen LogP contribution is 2.16. The van der Waals surface area contributed by atoms with Crippen LogP contribution in [-0.4, -0.2) is 87.8 Å². The molecule has 0 spiro atoms. The lowest BCUT2D eigenvalue weighted by atomic mass is 10.1. The maximum absolute atomic E-state index is 6.11. The summed E-state index contributed by atoms with van der Waals surface area (Å²) in [4.78, 5) is 0. The minimum Gasteiger partial charge on any atom is -0.373 e. The van der Waals surface area contributed by atoms with Crippen molar-refractivity contribution < 1.29 is 18.4 Å². The van der Waals surface area contributed by atoms with Crippen LogP contribution in [0, 0.1) is 0 Å². The van der Waals surface area contributed by atoms with Crippen LogP contribution < -0.4 is 0 Å². The summed E-state index contributed by atoms with van der Waals surface area (Å²) in [6, 6.07) is 0. The van der Waals surface area contributed by atoms with Gasteiger partial charge in [0.1, 0.15) is 13.1 Å². The zero-order valence-electron chi connectivity index (χ0n) is 24.7. The van der Waals surface area contributed by atoms with Gasteiger partial charge < -0.3 is 18.4 Å². The molecule has 0 unspecified atom stereocenters. The predicted octanol–water partition coefficient (Wildman–Crippen LogP) is 7.45. The van der Waals surface area contributed by atoms with Crippen molar-refractivity contribution in [3.05, 3.63) is 0 Å². The summed E-state index contributed by atoms with van der Waals surface area (Å²) >= 11 is 0. The van der Waals surface area contributed by atoms with E-state index in [1.807, 2.05) is 0 Å². The van der Waals surface area contributed by atoms with Crippen molar-refractivity contribution in [1.29, 1.82) is 0 Å². The highest BCUT2D eigenvalue weighted by Gasteiger charge is 2.26. The lowest BCUT2D eigenvalue weighted by Crippen LogP contribution is -2.52. The number of hydrogen-bond donors (Lipinski definition) is 0. The zero-order valence-corrected chi connectivity index (χ0v) is 24.7. The van der Waals surface area contributed by atoms with Crippen LogP contribution in [0.4, 0.5) is 0 Å². The van der Waals surface area contributed by atoms with Crippen LogP contribution in [0.5, 0.6) is 0 Å². The molecule has 0 heterocycles. The first-order valence-corrected chi connectivity index (χ1v) is 15.4. The van der Waals surface area contributed by atoms with Crippen LogP contribution in [0.1, 0.15) is 119 Å². The third-order valence-corrected chi connectivity index (χ3v) is 7.71. The van der Waals surface area contributed by atoms with E-state index >= 15 is 0 Å². The smallest absolute Gasteiger partial charge is 0.102 e. The lowest BCUT2D eigenvalue weighted by Gasteiger charge is -2.39. The number of nitrogens with zero attached hydrogens (tertiary/aromatic N) is 2. The standard InChI is InChI=1S/C30H66N2O2/c1-7-13-19-31(20-14-8-2,21-15-9-3)25-27-33-29-30-34-28-26-32(22-16-10-4,23-17-11-5)24-18-12-6/h7-30H2,1-6H3/q+2. The van der Waals surface area contributed by atoms with Crippen molar-refractivity contribution in [3.63, 3.8) is 0 Å². The van der Waals surface area contributed by atoms with E-state index in [0.29, 0.717) is 0 Å². The molecule has 0 saturated heterocycles. The van der Waals surface area contributed by atoms with Gasteiger partial charge in [-0.2, -0.15) is 0 Å². The Balaban J connectivity index is 4.49. The summed E-state index contributed by atoms with van der Waals surface area (Å²) in [7, 11) is 0. The SMILES string of the molecule is CCCC[N+](CCCC)(CCCC)CCOCCOCC[N+](CCCC)(CCCC)CCCC. The van der Waals surface area contributed by atoms with Crippen LogP contribution in [0.2, 0.25) is 0 Å². The Labute approximate surface area is 215 Å². The second kappa shape index (κ2) is 23.3. The number of rotatable bonds is 27. The fourth-order valence-electron chi connectivity index (χ4n) is 5.14. The van der Waals surface area contributed by atoms with Crippen LogP contribution in [0.3, 0.4) is 0 Å². The van der Waals surface area contributed by atoms with Crippen molar-refractivity contribution in [3.8, 4) is 0 Å². The van der Waals surface area contributed by atoms with Crippen molar-refractivity contribution in [2.75, 3.05) is 78.8 Å². The van der Waals surface area contributed by atoms with E-state index in [1.54, 1.807) is 0 Å². The molecule has 0 amide bonds. The normalized spacial score (nSPS) is 12.5. The third-order valence-electron chi connectivity index (χ3n) is 7.71. The fraction of sp³-hybridized carbons (Fsp3) is 1.00. The van der Waals surface area contributed by atoms with E-state index in [4.69, 9.17) is 9.47 Å². The average Bonchev–Trinajstić information content (AvgIpc) is 2.86. The summed E-state index contributed by atoms with van der Waals surface area (Å²) in [5, 5.41) is 0. The van der Waals surface area contributed by atoms with E-state index in [-0.39, 0.29) is 0 Å². The quantitative estimate of drug-likeness (QED) is 0.0886. The van der Waals surface area contributed by atoms with Gasteiger partial charge in [-0.3, -0.25) is 0 Å². The van der Waals surface area contributed by atoms with Gasteiger partial charge in [-0.05, 0) is 38.5 Å². The molecular weight excluding hydrogens is 420 g/mol. The topological polar surface area (TPSA) is 18.5 Å². The average molecular weight is 487 g/mol. The highest BCUT2D eigenvalue weighted by atomic mass is 16.5. The molecule has 4 nitrogen and oxygen atoms in total. The van der Waals surface area contributed by atoms with Crippen LogP contribution >= 0.6 is 0 Å². The molecule has 206 valence electrons. The molecule has 0 atom stereocenters. The van der Waals surface area contributed by atoms with Gasteiger partial charge in [0.05, 0.1) is 65.7 Å². The summed E-state index contributed by atoms with van der Waals surface area (Å²) in [5.41, 5.74) is 0. The van der Waals surface area contributed by atoms with E-state index in [1.165, 1.54) is 138 Å². The van der Waals surface area contributed by atoms with Crippen LogP contribution in [-0.2, 0) is 9.47 Å². The largest absolute Gasteiger partial charge is 0.373 e. The molecule has 0 N–H and O–H groups in total. The molecule has 0 aliphatic carbocycles. The minimum atomic E-state index is 0.744. The first kappa shape index (κ1) is 33.8. The number of hydrogen-bond acceptors (Lipinski definition) is 2. The molecule has 0 fully saturated rings. The number of unbranched alkanes of at least 4 members (excludes halogenated alkanes) is 6. The second-order valence-corrected chi connectivity index (χ2v) is 10.8. The number of quaternary nitrogens is 2. The maximum atomic E-state index is 6.11. The Morgan fingerprint density at radius 1 is 0.324 bits per heavy atom. The van der Waals surface area contributed by atoms with Gasteiger partial charge in [-0.1, -0.05) is 80.1 Å². The first-order chi connectivity index (χ1) is 16.6. The van der Waals surface area contributed by atoms with Crippen molar-refractivity contribution >= 4 is 0 Å². The van der Waals surface area contributed by atoms with Gasteiger partial charge in [-0.15, -0.1) is 0 Å². The van der Waals surface area contributed by atoms with Crippen LogP contribution in [0.25, 0.3) is 0 Å². The van der Waals surface area contributed by atoms with Gasteiger partial charge >= 0.3 is 0 Å². The van der Waals surface area contributed by atoms with Gasteiger partial charge in [0.25, 0.3) is 0 Å². The lowest BCUT2D eigenvalue weighted by molar-refractivity contribution is -0.929. The van der Waals surface area contributed by atoms with Crippen molar-refractivity contribution in [1.82, 2.24) is 0 Å². The molecule has 0 aromatic heterocycles. The Kier molecular flexibility index (Phi) is 23.1. The molecule has 34 heavy (non-hydrogen) atoms. The van der Waals surface area contributed by atoms with Gasteiger partial charge in [-0.25, -0.2) is 0 Å². The Morgan fingerprint density at radius 3 is 0.765 bits per heavy atom. The van der Waals surface area contributed by atoms with E-state index in [0.717, 1.165) is 26.4 Å². The molecule has 4 heteroatoms. The minimum absolute atomic E-state index is 0.744. The second-order valence-electron chi connectivity index (χ2n) is 10.8. The van der Waals surface area contributed by atoms with E-state index in [2.05, 4.69) is 41.5 Å².